The minimum absolute atomic E-state index is 0.0365. The molecular weight excluding hydrogens is 247 g/mol. The standard InChI is InChI=1S/C10H23O6P/c1-3-5-7-14-9-10(15-8-6-4-2)16-17(11,12)13/h10H,3-9H2,1-2H3,(H2,11,12,13). The summed E-state index contributed by atoms with van der Waals surface area (Å²) in [6, 6.07) is 0. The van der Waals surface area contributed by atoms with Gasteiger partial charge in [0.25, 0.3) is 0 Å². The minimum atomic E-state index is -4.53. The monoisotopic (exact) mass is 270 g/mol. The predicted octanol–water partition coefficient (Wildman–Crippen LogP) is 2.06. The van der Waals surface area contributed by atoms with Crippen LogP contribution in [0.25, 0.3) is 0 Å². The topological polar surface area (TPSA) is 85.2 Å². The van der Waals surface area contributed by atoms with Gasteiger partial charge in [0.05, 0.1) is 6.61 Å². The first-order valence-corrected chi connectivity index (χ1v) is 7.46. The third kappa shape index (κ3) is 12.3. The summed E-state index contributed by atoms with van der Waals surface area (Å²) in [5.74, 6) is 0. The van der Waals surface area contributed by atoms with Crippen molar-refractivity contribution in [2.75, 3.05) is 19.8 Å². The van der Waals surface area contributed by atoms with Crippen molar-refractivity contribution in [3.63, 3.8) is 0 Å². The summed E-state index contributed by atoms with van der Waals surface area (Å²) in [6.07, 6.45) is 2.66. The highest BCUT2D eigenvalue weighted by atomic mass is 31.2. The van der Waals surface area contributed by atoms with Crippen LogP contribution in [0.15, 0.2) is 0 Å². The fraction of sp³-hybridized carbons (Fsp3) is 1.00. The molecule has 6 nitrogen and oxygen atoms in total. The maximum atomic E-state index is 10.7. The molecule has 0 aromatic heterocycles. The zero-order valence-electron chi connectivity index (χ0n) is 10.5. The van der Waals surface area contributed by atoms with Gasteiger partial charge in [-0.15, -0.1) is 0 Å². The number of unbranched alkanes of at least 4 members (excludes halogenated alkanes) is 2. The van der Waals surface area contributed by atoms with Crippen LogP contribution < -0.4 is 0 Å². The first-order valence-electron chi connectivity index (χ1n) is 5.93. The van der Waals surface area contributed by atoms with Gasteiger partial charge < -0.3 is 19.3 Å². The number of phosphoric acid groups is 1. The Kier molecular flexibility index (Phi) is 10.0. The molecule has 0 aliphatic heterocycles. The summed E-state index contributed by atoms with van der Waals surface area (Å²) >= 11 is 0. The van der Waals surface area contributed by atoms with Crippen molar-refractivity contribution >= 4 is 7.82 Å². The molecule has 0 fully saturated rings. The van der Waals surface area contributed by atoms with Gasteiger partial charge in [0.15, 0.2) is 6.29 Å². The normalized spacial score (nSPS) is 13.9. The number of ether oxygens (including phenoxy) is 2. The average Bonchev–Trinajstić information content (AvgIpc) is 2.22. The van der Waals surface area contributed by atoms with Crippen LogP contribution >= 0.6 is 7.82 Å². The second-order valence-electron chi connectivity index (χ2n) is 3.68. The predicted molar refractivity (Wildman–Crippen MR) is 63.5 cm³/mol. The molecule has 0 aromatic carbocycles. The molecule has 0 radical (unpaired) electrons. The third-order valence-electron chi connectivity index (χ3n) is 1.95. The van der Waals surface area contributed by atoms with E-state index >= 15 is 0 Å². The molecule has 1 atom stereocenters. The lowest BCUT2D eigenvalue weighted by atomic mass is 10.4. The number of phosphoric ester groups is 1. The first kappa shape index (κ1) is 17.0. The van der Waals surface area contributed by atoms with Gasteiger partial charge in [-0.25, -0.2) is 4.57 Å². The Morgan fingerprint density at radius 1 is 1.12 bits per heavy atom. The van der Waals surface area contributed by atoms with Gasteiger partial charge in [0.2, 0.25) is 0 Å². The van der Waals surface area contributed by atoms with Crippen molar-refractivity contribution in [2.24, 2.45) is 0 Å². The van der Waals surface area contributed by atoms with Crippen LogP contribution in [0, 0.1) is 0 Å². The van der Waals surface area contributed by atoms with E-state index in [-0.39, 0.29) is 6.61 Å². The van der Waals surface area contributed by atoms with E-state index in [0.29, 0.717) is 13.2 Å². The molecule has 0 rings (SSSR count). The number of hydrogen-bond acceptors (Lipinski definition) is 4. The minimum Gasteiger partial charge on any atom is -0.376 e. The Hall–Kier alpha value is 0.0300. The quantitative estimate of drug-likeness (QED) is 0.339. The van der Waals surface area contributed by atoms with Crippen LogP contribution in [0.3, 0.4) is 0 Å². The highest BCUT2D eigenvalue weighted by Gasteiger charge is 2.22. The summed E-state index contributed by atoms with van der Waals surface area (Å²) in [6.45, 7) is 5.01. The SMILES string of the molecule is CCCCOCC(OCCCC)OP(=O)(O)O. The summed E-state index contributed by atoms with van der Waals surface area (Å²) in [5.41, 5.74) is 0. The van der Waals surface area contributed by atoms with Crippen molar-refractivity contribution in [3.8, 4) is 0 Å². The molecule has 0 aromatic rings. The largest absolute Gasteiger partial charge is 0.472 e. The van der Waals surface area contributed by atoms with Crippen molar-refractivity contribution in [2.45, 2.75) is 45.8 Å². The van der Waals surface area contributed by atoms with E-state index in [1.54, 1.807) is 0 Å². The molecule has 104 valence electrons. The van der Waals surface area contributed by atoms with Gasteiger partial charge in [-0.05, 0) is 12.8 Å². The average molecular weight is 270 g/mol. The van der Waals surface area contributed by atoms with Gasteiger partial charge >= 0.3 is 7.82 Å². The Morgan fingerprint density at radius 2 is 1.71 bits per heavy atom. The second kappa shape index (κ2) is 10.00. The maximum Gasteiger partial charge on any atom is 0.472 e. The Balaban J connectivity index is 3.89. The van der Waals surface area contributed by atoms with E-state index in [0.717, 1.165) is 25.7 Å². The molecule has 2 N–H and O–H groups in total. The molecule has 0 saturated heterocycles. The third-order valence-corrected chi connectivity index (χ3v) is 2.46. The maximum absolute atomic E-state index is 10.7. The Morgan fingerprint density at radius 3 is 2.24 bits per heavy atom. The number of rotatable bonds is 11. The van der Waals surface area contributed by atoms with Crippen LogP contribution in [-0.2, 0) is 18.6 Å². The first-order chi connectivity index (χ1) is 7.99. The zero-order valence-corrected chi connectivity index (χ0v) is 11.4. The highest BCUT2D eigenvalue weighted by molar-refractivity contribution is 7.46. The molecule has 1 unspecified atom stereocenters. The lowest BCUT2D eigenvalue weighted by molar-refractivity contribution is -0.131. The fourth-order valence-electron chi connectivity index (χ4n) is 1.05. The van der Waals surface area contributed by atoms with E-state index in [1.807, 2.05) is 13.8 Å². The van der Waals surface area contributed by atoms with Crippen LogP contribution in [-0.4, -0.2) is 35.9 Å². The second-order valence-corrected chi connectivity index (χ2v) is 4.87. The molecule has 0 spiro atoms. The summed E-state index contributed by atoms with van der Waals surface area (Å²) in [7, 11) is -4.53. The molecule has 0 bridgehead atoms. The van der Waals surface area contributed by atoms with E-state index < -0.39 is 14.1 Å². The Labute approximate surface area is 103 Å². The zero-order chi connectivity index (χ0) is 13.1. The van der Waals surface area contributed by atoms with E-state index in [4.69, 9.17) is 19.3 Å². The molecule has 0 saturated carbocycles. The fourth-order valence-corrected chi connectivity index (χ4v) is 1.48. The van der Waals surface area contributed by atoms with Gasteiger partial charge in [-0.2, -0.15) is 0 Å². The van der Waals surface area contributed by atoms with E-state index in [2.05, 4.69) is 4.52 Å². The van der Waals surface area contributed by atoms with Crippen LogP contribution in [0.5, 0.6) is 0 Å². The smallest absolute Gasteiger partial charge is 0.376 e. The van der Waals surface area contributed by atoms with Gasteiger partial charge in [0.1, 0.15) is 0 Å². The van der Waals surface area contributed by atoms with Crippen LogP contribution in [0.1, 0.15) is 39.5 Å². The lowest BCUT2D eigenvalue weighted by Gasteiger charge is -2.18. The van der Waals surface area contributed by atoms with Crippen molar-refractivity contribution < 1.29 is 28.3 Å². The summed E-state index contributed by atoms with van der Waals surface area (Å²) in [4.78, 5) is 17.4. The number of hydrogen-bond donors (Lipinski definition) is 2. The van der Waals surface area contributed by atoms with Crippen LogP contribution in [0.4, 0.5) is 0 Å². The molecule has 0 heterocycles. The van der Waals surface area contributed by atoms with Crippen molar-refractivity contribution in [3.05, 3.63) is 0 Å². The molecule has 17 heavy (non-hydrogen) atoms. The van der Waals surface area contributed by atoms with Crippen LogP contribution in [0.2, 0.25) is 0 Å². The van der Waals surface area contributed by atoms with Crippen molar-refractivity contribution in [1.29, 1.82) is 0 Å². The van der Waals surface area contributed by atoms with Gasteiger partial charge in [-0.1, -0.05) is 26.7 Å². The van der Waals surface area contributed by atoms with Gasteiger partial charge in [0, 0.05) is 13.2 Å². The Bertz CT molecular complexity index is 217. The molecule has 7 heteroatoms. The molecule has 0 amide bonds. The highest BCUT2D eigenvalue weighted by Crippen LogP contribution is 2.37. The van der Waals surface area contributed by atoms with Gasteiger partial charge in [-0.3, -0.25) is 4.52 Å². The summed E-state index contributed by atoms with van der Waals surface area (Å²) in [5, 5.41) is 0. The summed E-state index contributed by atoms with van der Waals surface area (Å²) < 4.78 is 25.6. The molecule has 0 aliphatic rings. The molecular formula is C10H23O6P. The molecule has 0 aliphatic carbocycles. The van der Waals surface area contributed by atoms with Crippen molar-refractivity contribution in [1.82, 2.24) is 0 Å². The van der Waals surface area contributed by atoms with E-state index in [9.17, 15) is 4.57 Å². The lowest BCUT2D eigenvalue weighted by Crippen LogP contribution is -2.23. The van der Waals surface area contributed by atoms with E-state index in [1.165, 1.54) is 0 Å².